The number of fused-ring (bicyclic) bond motifs is 5. The maximum Gasteiger partial charge on any atom is 0.230 e. The van der Waals surface area contributed by atoms with Crippen LogP contribution in [-0.4, -0.2) is 0 Å². The number of hydrogen-bond acceptors (Lipinski definition) is 2. The van der Waals surface area contributed by atoms with Crippen molar-refractivity contribution in [3.63, 3.8) is 0 Å². The average Bonchev–Trinajstić information content (AvgIpc) is 2.44. The highest BCUT2D eigenvalue weighted by Gasteiger charge is 2.44. The lowest BCUT2D eigenvalue weighted by molar-refractivity contribution is 0.352. The molecule has 0 radical (unpaired) electrons. The fourth-order valence-electron chi connectivity index (χ4n) is 4.95. The van der Waals surface area contributed by atoms with Gasteiger partial charge in [0.15, 0.2) is 0 Å². The molecule has 0 aromatic heterocycles. The van der Waals surface area contributed by atoms with E-state index in [1.165, 1.54) is 12.8 Å². The molecule has 106 valence electrons. The molecule has 20 heavy (non-hydrogen) atoms. The Hall–Kier alpha value is -1.18. The molecule has 4 rings (SSSR count). The molecular weight excluding hydrogens is 248 g/mol. The molecular formula is C18H22O2. The molecule has 0 aliphatic heterocycles. The molecule has 2 fully saturated rings. The number of allylic oxidation sites excluding steroid dienone is 2. The van der Waals surface area contributed by atoms with E-state index in [0.29, 0.717) is 23.7 Å². The lowest BCUT2D eigenvalue weighted by Gasteiger charge is -2.43. The Balaban J connectivity index is 1.88. The predicted octanol–water partition coefficient (Wildman–Crippen LogP) is 3.40. The molecule has 0 amide bonds. The van der Waals surface area contributed by atoms with Crippen molar-refractivity contribution in [3.8, 4) is 0 Å². The smallest absolute Gasteiger partial charge is 0.230 e. The maximum atomic E-state index is 12.1. The first-order valence-corrected chi connectivity index (χ1v) is 8.12. The normalized spacial score (nSPS) is 36.5. The molecule has 0 spiro atoms. The highest BCUT2D eigenvalue weighted by atomic mass is 16.2. The molecule has 2 nitrogen and oxygen atoms in total. The Kier molecular flexibility index (Phi) is 2.61. The predicted molar refractivity (Wildman–Crippen MR) is 79.9 cm³/mol. The van der Waals surface area contributed by atoms with Crippen LogP contribution >= 0.6 is 0 Å². The quantitative estimate of drug-likeness (QED) is 0.535. The molecule has 1 aromatic rings. The summed E-state index contributed by atoms with van der Waals surface area (Å²) in [4.78, 5) is 24.2. The fraction of sp³-hybridized carbons (Fsp3) is 0.667. The molecule has 0 bridgehead atoms. The minimum absolute atomic E-state index is 0.158. The van der Waals surface area contributed by atoms with Gasteiger partial charge in [-0.25, -0.2) is 0 Å². The van der Waals surface area contributed by atoms with Crippen LogP contribution in [0, 0.1) is 11.8 Å². The van der Waals surface area contributed by atoms with Crippen molar-refractivity contribution in [2.24, 2.45) is 11.8 Å². The summed E-state index contributed by atoms with van der Waals surface area (Å²) in [5.41, 5.74) is 4.65. The van der Waals surface area contributed by atoms with Crippen LogP contribution in [0.2, 0.25) is 0 Å². The number of hydrogen-bond donors (Lipinski definition) is 0. The van der Waals surface area contributed by atoms with Gasteiger partial charge in [0.05, 0.1) is 0 Å². The van der Waals surface area contributed by atoms with E-state index in [-0.39, 0.29) is 10.9 Å². The van der Waals surface area contributed by atoms with Crippen molar-refractivity contribution < 1.29 is 0 Å². The highest BCUT2D eigenvalue weighted by molar-refractivity contribution is 5.53. The topological polar surface area (TPSA) is 34.1 Å². The summed E-state index contributed by atoms with van der Waals surface area (Å²) in [5, 5.41) is 0. The lowest BCUT2D eigenvalue weighted by Crippen LogP contribution is -2.47. The standard InChI is InChI=1S/C18H22O2/c1-9-3-5-11-12-6-4-10(2)8-14(12)16-15(13(11)7-9)17(19)18(16)20/h9-10,13-14H,3-8H2,1-2H3/t9-,10-,13-,14+/m1/s1. The zero-order valence-electron chi connectivity index (χ0n) is 12.4. The summed E-state index contributed by atoms with van der Waals surface area (Å²) in [6, 6.07) is 0. The second kappa shape index (κ2) is 4.16. The van der Waals surface area contributed by atoms with Crippen LogP contribution in [0.15, 0.2) is 20.7 Å². The molecule has 0 heterocycles. The molecule has 2 saturated carbocycles. The van der Waals surface area contributed by atoms with E-state index in [1.54, 1.807) is 11.1 Å². The van der Waals surface area contributed by atoms with Crippen LogP contribution in [-0.2, 0) is 0 Å². The van der Waals surface area contributed by atoms with Gasteiger partial charge in [0, 0.05) is 23.0 Å². The van der Waals surface area contributed by atoms with Crippen LogP contribution in [0.3, 0.4) is 0 Å². The Labute approximate surface area is 119 Å². The zero-order valence-corrected chi connectivity index (χ0v) is 12.4. The second-order valence-corrected chi connectivity index (χ2v) is 7.40. The van der Waals surface area contributed by atoms with E-state index < -0.39 is 0 Å². The van der Waals surface area contributed by atoms with E-state index >= 15 is 0 Å². The molecule has 4 atom stereocenters. The van der Waals surface area contributed by atoms with Gasteiger partial charge in [-0.15, -0.1) is 0 Å². The zero-order chi connectivity index (χ0) is 14.0. The molecule has 0 saturated heterocycles. The molecule has 3 aliphatic rings. The van der Waals surface area contributed by atoms with Crippen molar-refractivity contribution in [1.82, 2.24) is 0 Å². The van der Waals surface area contributed by atoms with Gasteiger partial charge in [-0.2, -0.15) is 0 Å². The van der Waals surface area contributed by atoms with Gasteiger partial charge in [-0.05, 0) is 50.4 Å². The largest absolute Gasteiger partial charge is 0.285 e. The van der Waals surface area contributed by atoms with Crippen LogP contribution in [0.1, 0.15) is 75.3 Å². The van der Waals surface area contributed by atoms with Crippen molar-refractivity contribution in [2.75, 3.05) is 0 Å². The Bertz CT molecular complexity index is 614. The van der Waals surface area contributed by atoms with Crippen molar-refractivity contribution >= 4 is 0 Å². The molecule has 1 aromatic carbocycles. The van der Waals surface area contributed by atoms with Gasteiger partial charge in [0.25, 0.3) is 0 Å². The van der Waals surface area contributed by atoms with E-state index in [1.807, 2.05) is 0 Å². The van der Waals surface area contributed by atoms with Crippen LogP contribution in [0.25, 0.3) is 0 Å². The molecule has 0 unspecified atom stereocenters. The van der Waals surface area contributed by atoms with Gasteiger partial charge in [0.1, 0.15) is 0 Å². The van der Waals surface area contributed by atoms with Gasteiger partial charge in [-0.3, -0.25) is 9.59 Å². The molecule has 2 heteroatoms. The van der Waals surface area contributed by atoms with E-state index in [4.69, 9.17) is 0 Å². The first-order chi connectivity index (χ1) is 9.58. The summed E-state index contributed by atoms with van der Waals surface area (Å²) in [5.74, 6) is 1.97. The Morgan fingerprint density at radius 3 is 1.55 bits per heavy atom. The van der Waals surface area contributed by atoms with E-state index in [9.17, 15) is 9.59 Å². The monoisotopic (exact) mass is 270 g/mol. The minimum Gasteiger partial charge on any atom is -0.285 e. The van der Waals surface area contributed by atoms with Gasteiger partial charge < -0.3 is 0 Å². The Morgan fingerprint density at radius 1 is 0.750 bits per heavy atom. The van der Waals surface area contributed by atoms with Crippen molar-refractivity contribution in [3.05, 3.63) is 42.7 Å². The van der Waals surface area contributed by atoms with Crippen molar-refractivity contribution in [1.29, 1.82) is 0 Å². The van der Waals surface area contributed by atoms with E-state index in [0.717, 1.165) is 36.8 Å². The fourth-order valence-corrected chi connectivity index (χ4v) is 4.95. The summed E-state index contributed by atoms with van der Waals surface area (Å²) in [6.07, 6.45) is 6.98. The minimum atomic E-state index is -0.158. The molecule has 3 aliphatic carbocycles. The van der Waals surface area contributed by atoms with Crippen LogP contribution in [0.4, 0.5) is 0 Å². The molecule has 0 N–H and O–H groups in total. The third-order valence-electron chi connectivity index (χ3n) is 6.03. The second-order valence-electron chi connectivity index (χ2n) is 7.40. The summed E-state index contributed by atoms with van der Waals surface area (Å²) >= 11 is 0. The van der Waals surface area contributed by atoms with Gasteiger partial charge in [-0.1, -0.05) is 25.0 Å². The summed E-state index contributed by atoms with van der Waals surface area (Å²) < 4.78 is 0. The van der Waals surface area contributed by atoms with Crippen LogP contribution < -0.4 is 10.9 Å². The summed E-state index contributed by atoms with van der Waals surface area (Å²) in [7, 11) is 0. The third kappa shape index (κ3) is 1.51. The van der Waals surface area contributed by atoms with E-state index in [2.05, 4.69) is 13.8 Å². The highest BCUT2D eigenvalue weighted by Crippen LogP contribution is 2.53. The van der Waals surface area contributed by atoms with Crippen molar-refractivity contribution in [2.45, 2.75) is 64.2 Å². The number of rotatable bonds is 0. The lowest BCUT2D eigenvalue weighted by atomic mass is 9.59. The average molecular weight is 270 g/mol. The van der Waals surface area contributed by atoms with Gasteiger partial charge in [0.2, 0.25) is 10.9 Å². The first kappa shape index (κ1) is 12.6. The third-order valence-corrected chi connectivity index (χ3v) is 6.03. The Morgan fingerprint density at radius 2 is 1.15 bits per heavy atom. The van der Waals surface area contributed by atoms with Gasteiger partial charge >= 0.3 is 0 Å². The summed E-state index contributed by atoms with van der Waals surface area (Å²) in [6.45, 7) is 4.56. The first-order valence-electron chi connectivity index (χ1n) is 8.12. The SMILES string of the molecule is C[C@@H]1CCC2=C3CC[C@@H](C)C[C@@H]3c3c(c(=O)c3=O)[C@@H]2C1. The maximum absolute atomic E-state index is 12.1. The van der Waals surface area contributed by atoms with Crippen LogP contribution in [0.5, 0.6) is 0 Å².